The first kappa shape index (κ1) is 21.2. The van der Waals surface area contributed by atoms with E-state index in [2.05, 4.69) is 22.5 Å². The van der Waals surface area contributed by atoms with Gasteiger partial charge in [0.25, 0.3) is 0 Å². The van der Waals surface area contributed by atoms with Crippen LogP contribution in [-0.4, -0.2) is 43.7 Å². The van der Waals surface area contributed by atoms with Gasteiger partial charge in [0.15, 0.2) is 0 Å². The van der Waals surface area contributed by atoms with Gasteiger partial charge >= 0.3 is 6.03 Å². The minimum absolute atomic E-state index is 0.146. The summed E-state index contributed by atoms with van der Waals surface area (Å²) in [5.41, 5.74) is 3.01. The number of hydrogen-bond donors (Lipinski definition) is 2. The number of hydrogen-bond acceptors (Lipinski definition) is 3. The Labute approximate surface area is 174 Å². The van der Waals surface area contributed by atoms with Gasteiger partial charge in [0.05, 0.1) is 7.11 Å². The summed E-state index contributed by atoms with van der Waals surface area (Å²) in [6.07, 6.45) is 6.15. The highest BCUT2D eigenvalue weighted by molar-refractivity contribution is 5.89. The fourth-order valence-corrected chi connectivity index (χ4v) is 3.80. The molecule has 156 valence electrons. The van der Waals surface area contributed by atoms with E-state index in [1.807, 2.05) is 48.5 Å². The topological polar surface area (TPSA) is 53.6 Å². The lowest BCUT2D eigenvalue weighted by atomic mass is 10.1. The van der Waals surface area contributed by atoms with Crippen LogP contribution in [0, 0.1) is 0 Å². The number of amides is 2. The predicted octanol–water partition coefficient (Wildman–Crippen LogP) is 5.14. The number of nitrogens with one attached hydrogen (secondary N) is 2. The highest BCUT2D eigenvalue weighted by Crippen LogP contribution is 2.23. The Morgan fingerprint density at radius 1 is 1.00 bits per heavy atom. The Balaban J connectivity index is 1.41. The summed E-state index contributed by atoms with van der Waals surface area (Å²) in [6, 6.07) is 15.9. The van der Waals surface area contributed by atoms with Crippen molar-refractivity contribution in [1.29, 1.82) is 0 Å². The second-order valence-electron chi connectivity index (χ2n) is 7.85. The quantitative estimate of drug-likeness (QED) is 0.651. The van der Waals surface area contributed by atoms with Crippen molar-refractivity contribution in [2.24, 2.45) is 0 Å². The number of nitrogens with zero attached hydrogens (tertiary/aromatic N) is 1. The Morgan fingerprint density at radius 3 is 2.24 bits per heavy atom. The van der Waals surface area contributed by atoms with Gasteiger partial charge in [-0.05, 0) is 87.6 Å². The monoisotopic (exact) mass is 395 g/mol. The average Bonchev–Trinajstić information content (AvgIpc) is 2.75. The molecule has 2 aromatic carbocycles. The predicted molar refractivity (Wildman–Crippen MR) is 120 cm³/mol. The number of piperidine rings is 1. The standard InChI is InChI=1S/C24H33N3O2/c1-19(7-6-18-27-16-4-3-5-17-27)25-24(28)26-22-12-8-20(9-13-22)21-10-14-23(29-2)15-11-21/h8-15,19H,3-7,16-18H2,1-2H3,(H2,25,26,28). The molecule has 29 heavy (non-hydrogen) atoms. The van der Waals surface area contributed by atoms with Crippen LogP contribution in [0.5, 0.6) is 5.75 Å². The first-order chi connectivity index (χ1) is 14.1. The third kappa shape index (κ3) is 6.79. The molecule has 0 spiro atoms. The number of methoxy groups -OCH3 is 1. The molecule has 2 aromatic rings. The zero-order valence-corrected chi connectivity index (χ0v) is 17.6. The van der Waals surface area contributed by atoms with E-state index in [0.29, 0.717) is 0 Å². The molecule has 0 aliphatic carbocycles. The third-order valence-corrected chi connectivity index (χ3v) is 5.50. The van der Waals surface area contributed by atoms with Crippen molar-refractivity contribution in [3.63, 3.8) is 0 Å². The fraction of sp³-hybridized carbons (Fsp3) is 0.458. The first-order valence-electron chi connectivity index (χ1n) is 10.7. The van der Waals surface area contributed by atoms with Crippen molar-refractivity contribution < 1.29 is 9.53 Å². The van der Waals surface area contributed by atoms with Gasteiger partial charge in [0, 0.05) is 11.7 Å². The van der Waals surface area contributed by atoms with Gasteiger partial charge in [-0.1, -0.05) is 30.7 Å². The number of carbonyl (C=O) groups excluding carboxylic acids is 1. The summed E-state index contributed by atoms with van der Waals surface area (Å²) in [5, 5.41) is 5.97. The zero-order chi connectivity index (χ0) is 20.5. The SMILES string of the molecule is COc1ccc(-c2ccc(NC(=O)NC(C)CCCN3CCCCC3)cc2)cc1. The van der Waals surface area contributed by atoms with Gasteiger partial charge in [0.1, 0.15) is 5.75 Å². The van der Waals surface area contributed by atoms with Gasteiger partial charge in [-0.15, -0.1) is 0 Å². The summed E-state index contributed by atoms with van der Waals surface area (Å²) < 4.78 is 5.20. The van der Waals surface area contributed by atoms with Crippen LogP contribution in [-0.2, 0) is 0 Å². The highest BCUT2D eigenvalue weighted by atomic mass is 16.5. The Kier molecular flexibility index (Phi) is 7.94. The van der Waals surface area contributed by atoms with E-state index >= 15 is 0 Å². The molecule has 0 radical (unpaired) electrons. The maximum Gasteiger partial charge on any atom is 0.319 e. The Morgan fingerprint density at radius 2 is 1.62 bits per heavy atom. The molecule has 3 rings (SSSR count). The lowest BCUT2D eigenvalue weighted by Gasteiger charge is -2.26. The average molecular weight is 396 g/mol. The normalized spacial score (nSPS) is 15.5. The van der Waals surface area contributed by atoms with Crippen LogP contribution in [0.15, 0.2) is 48.5 Å². The van der Waals surface area contributed by atoms with Gasteiger partial charge in [-0.3, -0.25) is 0 Å². The number of rotatable bonds is 8. The van der Waals surface area contributed by atoms with E-state index < -0.39 is 0 Å². The third-order valence-electron chi connectivity index (χ3n) is 5.50. The van der Waals surface area contributed by atoms with Crippen LogP contribution in [0.25, 0.3) is 11.1 Å². The molecule has 0 aromatic heterocycles. The molecule has 1 atom stereocenters. The van der Waals surface area contributed by atoms with Crippen molar-refractivity contribution in [2.45, 2.75) is 45.1 Å². The summed E-state index contributed by atoms with van der Waals surface area (Å²) in [7, 11) is 1.66. The maximum atomic E-state index is 12.3. The van der Waals surface area contributed by atoms with E-state index in [0.717, 1.165) is 42.0 Å². The highest BCUT2D eigenvalue weighted by Gasteiger charge is 2.11. The summed E-state index contributed by atoms with van der Waals surface area (Å²) >= 11 is 0. The number of urea groups is 1. The minimum atomic E-state index is -0.146. The lowest BCUT2D eigenvalue weighted by molar-refractivity contribution is 0.221. The van der Waals surface area contributed by atoms with Gasteiger partial charge in [0.2, 0.25) is 0 Å². The van der Waals surface area contributed by atoms with Crippen LogP contribution in [0.4, 0.5) is 10.5 Å². The molecule has 1 saturated heterocycles. The molecular weight excluding hydrogens is 362 g/mol. The first-order valence-corrected chi connectivity index (χ1v) is 10.7. The van der Waals surface area contributed by atoms with Crippen LogP contribution in [0.1, 0.15) is 39.0 Å². The van der Waals surface area contributed by atoms with Gasteiger partial charge in [-0.2, -0.15) is 0 Å². The molecule has 5 nitrogen and oxygen atoms in total. The largest absolute Gasteiger partial charge is 0.497 e. The second-order valence-corrected chi connectivity index (χ2v) is 7.85. The van der Waals surface area contributed by atoms with Gasteiger partial charge < -0.3 is 20.3 Å². The lowest BCUT2D eigenvalue weighted by Crippen LogP contribution is -2.37. The van der Waals surface area contributed by atoms with Crippen molar-refractivity contribution >= 4 is 11.7 Å². The summed E-state index contributed by atoms with van der Waals surface area (Å²) in [6.45, 7) is 5.67. The van der Waals surface area contributed by atoms with Crippen molar-refractivity contribution in [1.82, 2.24) is 10.2 Å². The maximum absolute atomic E-state index is 12.3. The summed E-state index contributed by atoms with van der Waals surface area (Å²) in [5.74, 6) is 0.841. The number of ether oxygens (including phenoxy) is 1. The van der Waals surface area contributed by atoms with Crippen LogP contribution in [0.2, 0.25) is 0 Å². The molecule has 0 bridgehead atoms. The molecule has 1 heterocycles. The minimum Gasteiger partial charge on any atom is -0.497 e. The molecule has 1 fully saturated rings. The second kappa shape index (κ2) is 10.9. The van der Waals surface area contributed by atoms with Crippen molar-refractivity contribution in [2.75, 3.05) is 32.1 Å². The molecular formula is C24H33N3O2. The van der Waals surface area contributed by atoms with E-state index in [1.165, 1.54) is 32.4 Å². The molecule has 2 amide bonds. The molecule has 0 saturated carbocycles. The number of benzene rings is 2. The van der Waals surface area contributed by atoms with E-state index in [1.54, 1.807) is 7.11 Å². The van der Waals surface area contributed by atoms with E-state index in [9.17, 15) is 4.79 Å². The number of carbonyl (C=O) groups is 1. The smallest absolute Gasteiger partial charge is 0.319 e. The molecule has 1 aliphatic rings. The van der Waals surface area contributed by atoms with Crippen LogP contribution < -0.4 is 15.4 Å². The Bertz CT molecular complexity index is 753. The molecule has 1 unspecified atom stereocenters. The van der Waals surface area contributed by atoms with Crippen molar-refractivity contribution in [3.8, 4) is 16.9 Å². The van der Waals surface area contributed by atoms with E-state index in [4.69, 9.17) is 4.74 Å². The summed E-state index contributed by atoms with van der Waals surface area (Å²) in [4.78, 5) is 14.8. The Hall–Kier alpha value is -2.53. The van der Waals surface area contributed by atoms with E-state index in [-0.39, 0.29) is 12.1 Å². The molecule has 2 N–H and O–H groups in total. The fourth-order valence-electron chi connectivity index (χ4n) is 3.80. The molecule has 5 heteroatoms. The number of likely N-dealkylation sites (tertiary alicyclic amines) is 1. The van der Waals surface area contributed by atoms with Crippen LogP contribution in [0.3, 0.4) is 0 Å². The van der Waals surface area contributed by atoms with Crippen molar-refractivity contribution in [3.05, 3.63) is 48.5 Å². The van der Waals surface area contributed by atoms with Crippen LogP contribution >= 0.6 is 0 Å². The molecule has 1 aliphatic heterocycles. The zero-order valence-electron chi connectivity index (χ0n) is 17.6. The van der Waals surface area contributed by atoms with Gasteiger partial charge in [-0.25, -0.2) is 4.79 Å². The number of anilines is 1.